The van der Waals surface area contributed by atoms with Crippen LogP contribution in [0, 0.1) is 0 Å². The molecule has 0 unspecified atom stereocenters. The molecule has 1 aromatic heterocycles. The molecule has 0 spiro atoms. The Bertz CT molecular complexity index is 1250. The molecule has 1 amide bonds. The fraction of sp³-hybridized carbons (Fsp3) is 0.238. The van der Waals surface area contributed by atoms with Gasteiger partial charge in [0.05, 0.1) is 21.8 Å². The first-order valence-electron chi connectivity index (χ1n) is 9.78. The van der Waals surface area contributed by atoms with Crippen molar-refractivity contribution in [1.82, 2.24) is 9.78 Å². The molecule has 7 nitrogen and oxygen atoms in total. The van der Waals surface area contributed by atoms with Gasteiger partial charge in [0.1, 0.15) is 5.82 Å². The van der Waals surface area contributed by atoms with E-state index in [-0.39, 0.29) is 40.5 Å². The summed E-state index contributed by atoms with van der Waals surface area (Å²) >= 11 is 12.0. The minimum absolute atomic E-state index is 0.0595. The van der Waals surface area contributed by atoms with E-state index in [0.717, 1.165) is 4.68 Å². The minimum atomic E-state index is -4.58. The van der Waals surface area contributed by atoms with Crippen molar-refractivity contribution >= 4 is 40.6 Å². The van der Waals surface area contributed by atoms with Crippen LogP contribution in [0.15, 0.2) is 42.5 Å². The van der Waals surface area contributed by atoms with E-state index in [1.165, 1.54) is 12.1 Å². The first-order valence-corrected chi connectivity index (χ1v) is 10.5. The number of carbonyl (C=O) groups is 1. The normalized spacial score (nSPS) is 19.1. The predicted octanol–water partition coefficient (Wildman–Crippen LogP) is 5.83. The van der Waals surface area contributed by atoms with Gasteiger partial charge in [-0.15, -0.1) is 0 Å². The number of alkyl halides is 3. The molecule has 5 rings (SSSR count). The highest BCUT2D eigenvalue weighted by molar-refractivity contribution is 6.44. The first kappa shape index (κ1) is 21.7. The molecule has 2 N–H and O–H groups in total. The summed E-state index contributed by atoms with van der Waals surface area (Å²) in [5.41, 5.74) is 0.616. The zero-order chi connectivity index (χ0) is 23.3. The minimum Gasteiger partial charge on any atom is -0.454 e. The maximum absolute atomic E-state index is 13.9. The number of anilines is 2. The highest BCUT2D eigenvalue weighted by atomic mass is 35.5. The lowest BCUT2D eigenvalue weighted by Gasteiger charge is -2.33. The van der Waals surface area contributed by atoms with Gasteiger partial charge in [-0.05, 0) is 29.8 Å². The summed E-state index contributed by atoms with van der Waals surface area (Å²) in [7, 11) is 0. The average molecular weight is 499 g/mol. The van der Waals surface area contributed by atoms with E-state index in [2.05, 4.69) is 15.7 Å². The second-order valence-corrected chi connectivity index (χ2v) is 8.30. The maximum Gasteiger partial charge on any atom is 0.410 e. The zero-order valence-electron chi connectivity index (χ0n) is 16.6. The van der Waals surface area contributed by atoms with E-state index in [4.69, 9.17) is 32.7 Å². The second kappa shape index (κ2) is 8.03. The van der Waals surface area contributed by atoms with Gasteiger partial charge in [0.15, 0.2) is 23.2 Å². The summed E-state index contributed by atoms with van der Waals surface area (Å²) in [6.07, 6.45) is -4.90. The molecule has 3 aromatic rings. The van der Waals surface area contributed by atoms with Gasteiger partial charge in [0.25, 0.3) is 5.91 Å². The molecule has 0 fully saturated rings. The fourth-order valence-corrected chi connectivity index (χ4v) is 4.17. The average Bonchev–Trinajstić information content (AvgIpc) is 3.41. The van der Waals surface area contributed by atoms with Crippen LogP contribution < -0.4 is 20.1 Å². The highest BCUT2D eigenvalue weighted by Crippen LogP contribution is 2.45. The number of rotatable bonds is 3. The molecule has 2 aromatic carbocycles. The Morgan fingerprint density at radius 3 is 2.73 bits per heavy atom. The number of aromatic nitrogens is 2. The molecule has 3 heterocycles. The van der Waals surface area contributed by atoms with Crippen molar-refractivity contribution in [3.8, 4) is 11.5 Å². The number of nitrogens with one attached hydrogen (secondary N) is 2. The molecule has 2 aliphatic heterocycles. The van der Waals surface area contributed by atoms with E-state index in [1.54, 1.807) is 30.3 Å². The highest BCUT2D eigenvalue weighted by Gasteiger charge is 2.47. The summed E-state index contributed by atoms with van der Waals surface area (Å²) in [6.45, 7) is 0.0595. The van der Waals surface area contributed by atoms with Gasteiger partial charge in [0, 0.05) is 12.5 Å². The number of benzene rings is 2. The van der Waals surface area contributed by atoms with E-state index in [1.807, 2.05) is 0 Å². The third-order valence-corrected chi connectivity index (χ3v) is 6.24. The van der Waals surface area contributed by atoms with Crippen molar-refractivity contribution < 1.29 is 27.4 Å². The molecule has 2 atom stereocenters. The van der Waals surface area contributed by atoms with E-state index in [9.17, 15) is 18.0 Å². The van der Waals surface area contributed by atoms with Gasteiger partial charge in [-0.3, -0.25) is 4.79 Å². The van der Waals surface area contributed by atoms with Crippen LogP contribution in [0.1, 0.15) is 34.6 Å². The first-order chi connectivity index (χ1) is 15.7. The number of halogens is 5. The molecule has 0 bridgehead atoms. The Morgan fingerprint density at radius 1 is 1.15 bits per heavy atom. The van der Waals surface area contributed by atoms with Gasteiger partial charge < -0.3 is 20.1 Å². The van der Waals surface area contributed by atoms with Crippen molar-refractivity contribution in [2.45, 2.75) is 24.7 Å². The number of hydrogen-bond acceptors (Lipinski definition) is 5. The molecule has 2 aliphatic rings. The summed E-state index contributed by atoms with van der Waals surface area (Å²) < 4.78 is 53.1. The summed E-state index contributed by atoms with van der Waals surface area (Å²) in [5.74, 6) is 0.345. The lowest BCUT2D eigenvalue weighted by molar-refractivity contribution is -0.173. The molecular formula is C21H15Cl2F3N4O3. The number of hydrogen-bond donors (Lipinski definition) is 2. The van der Waals surface area contributed by atoms with Gasteiger partial charge >= 0.3 is 6.18 Å². The smallest absolute Gasteiger partial charge is 0.410 e. The Balaban J connectivity index is 1.45. The van der Waals surface area contributed by atoms with Crippen LogP contribution in [0.5, 0.6) is 11.5 Å². The van der Waals surface area contributed by atoms with Gasteiger partial charge in [-0.25, -0.2) is 4.68 Å². The predicted molar refractivity (Wildman–Crippen MR) is 115 cm³/mol. The summed E-state index contributed by atoms with van der Waals surface area (Å²) in [6, 6.07) is 8.28. The molecule has 12 heteroatoms. The van der Waals surface area contributed by atoms with E-state index in [0.29, 0.717) is 17.1 Å². The Labute approximate surface area is 195 Å². The quantitative estimate of drug-likeness (QED) is 0.474. The Kier molecular flexibility index (Phi) is 5.29. The number of ether oxygens (including phenoxy) is 2. The van der Waals surface area contributed by atoms with E-state index < -0.39 is 24.2 Å². The Morgan fingerprint density at radius 2 is 1.94 bits per heavy atom. The lowest BCUT2D eigenvalue weighted by Crippen LogP contribution is -2.35. The van der Waals surface area contributed by atoms with Crippen molar-refractivity contribution in [3.63, 3.8) is 0 Å². The molecule has 0 saturated carbocycles. The number of amides is 1. The van der Waals surface area contributed by atoms with Gasteiger partial charge in [-0.1, -0.05) is 35.3 Å². The lowest BCUT2D eigenvalue weighted by atomic mass is 9.96. The van der Waals surface area contributed by atoms with Crippen molar-refractivity contribution in [2.24, 2.45) is 0 Å². The van der Waals surface area contributed by atoms with Crippen LogP contribution in [-0.2, 0) is 0 Å². The van der Waals surface area contributed by atoms with Crippen molar-refractivity contribution in [2.75, 3.05) is 17.4 Å². The molecule has 33 heavy (non-hydrogen) atoms. The third-order valence-electron chi connectivity index (χ3n) is 5.42. The van der Waals surface area contributed by atoms with Crippen LogP contribution in [0.3, 0.4) is 0 Å². The van der Waals surface area contributed by atoms with Crippen LogP contribution in [0.2, 0.25) is 10.0 Å². The number of nitrogens with zero attached hydrogens (tertiary/aromatic N) is 2. The SMILES string of the molecule is O=C(Nc1cccc(Cl)c1Cl)c1cc2n(n1)[C@@H](C(F)(F)F)C[C@H](c1ccc3c(c1)OCO3)N2. The van der Waals surface area contributed by atoms with Gasteiger partial charge in [-0.2, -0.15) is 18.3 Å². The van der Waals surface area contributed by atoms with Gasteiger partial charge in [0.2, 0.25) is 6.79 Å². The van der Waals surface area contributed by atoms with Crippen molar-refractivity contribution in [1.29, 1.82) is 0 Å². The second-order valence-electron chi connectivity index (χ2n) is 7.52. The number of carbonyl (C=O) groups excluding carboxylic acids is 1. The topological polar surface area (TPSA) is 77.4 Å². The van der Waals surface area contributed by atoms with E-state index >= 15 is 0 Å². The largest absolute Gasteiger partial charge is 0.454 e. The zero-order valence-corrected chi connectivity index (χ0v) is 18.1. The maximum atomic E-state index is 13.9. The molecule has 0 aliphatic carbocycles. The Hall–Kier alpha value is -3.11. The fourth-order valence-electron chi connectivity index (χ4n) is 3.82. The standard InChI is InChI=1S/C21H15Cl2F3N4O3/c22-11-2-1-3-12(19(11)23)28-20(31)14-8-18-27-13(7-17(21(24,25)26)30(18)29-14)10-4-5-15-16(6-10)33-9-32-15/h1-6,8,13,17,27H,7,9H2,(H,28,31)/t13-,17-/m1/s1. The summed E-state index contributed by atoms with van der Waals surface area (Å²) in [4.78, 5) is 12.7. The van der Waals surface area contributed by atoms with Crippen LogP contribution in [0.4, 0.5) is 24.7 Å². The number of fused-ring (bicyclic) bond motifs is 2. The third kappa shape index (κ3) is 4.04. The molecule has 0 radical (unpaired) electrons. The summed E-state index contributed by atoms with van der Waals surface area (Å²) in [5, 5.41) is 9.85. The molecular weight excluding hydrogens is 484 g/mol. The van der Waals surface area contributed by atoms with Crippen LogP contribution in [-0.4, -0.2) is 28.7 Å². The van der Waals surface area contributed by atoms with Crippen molar-refractivity contribution in [3.05, 3.63) is 63.8 Å². The molecule has 172 valence electrons. The van der Waals surface area contributed by atoms with Crippen LogP contribution >= 0.6 is 23.2 Å². The monoisotopic (exact) mass is 498 g/mol. The molecule has 0 saturated heterocycles. The van der Waals surface area contributed by atoms with Crippen LogP contribution in [0.25, 0.3) is 0 Å².